The van der Waals surface area contributed by atoms with Crippen molar-refractivity contribution >= 4 is 0 Å². The molecule has 4 rings (SSSR count). The SMILES string of the molecule is Oc1ccc(O)c2c1C[C@H]1NCC[C@@]23CCCC[C@@H]13. The molecule has 2 fully saturated rings. The molecule has 0 aromatic heterocycles. The predicted octanol–water partition coefficient (Wildman–Crippen LogP) is 2.44. The van der Waals surface area contributed by atoms with E-state index in [0.717, 1.165) is 30.5 Å². The van der Waals surface area contributed by atoms with Gasteiger partial charge in [-0.15, -0.1) is 0 Å². The molecule has 3 N–H and O–H groups in total. The second kappa shape index (κ2) is 3.89. The number of hydrogen-bond donors (Lipinski definition) is 3. The lowest BCUT2D eigenvalue weighted by atomic mass is 9.52. The van der Waals surface area contributed by atoms with Crippen LogP contribution < -0.4 is 5.32 Å². The molecule has 0 unspecified atom stereocenters. The first-order valence-corrected chi connectivity index (χ1v) is 7.50. The van der Waals surface area contributed by atoms with Crippen molar-refractivity contribution in [2.75, 3.05) is 6.54 Å². The number of phenols is 2. The van der Waals surface area contributed by atoms with Crippen LogP contribution in [0.1, 0.15) is 43.2 Å². The number of rotatable bonds is 0. The minimum atomic E-state index is 0.116. The summed E-state index contributed by atoms with van der Waals surface area (Å²) in [5.74, 6) is 1.40. The zero-order valence-electron chi connectivity index (χ0n) is 11.2. The lowest BCUT2D eigenvalue weighted by Gasteiger charge is -2.55. The van der Waals surface area contributed by atoms with Gasteiger partial charge in [0.1, 0.15) is 11.5 Å². The summed E-state index contributed by atoms with van der Waals surface area (Å²) in [5.41, 5.74) is 2.19. The van der Waals surface area contributed by atoms with Crippen LogP contribution in [0, 0.1) is 5.92 Å². The average Bonchev–Trinajstić information content (AvgIpc) is 2.42. The molecule has 1 aromatic rings. The average molecular weight is 259 g/mol. The van der Waals surface area contributed by atoms with Crippen LogP contribution in [0.4, 0.5) is 0 Å². The van der Waals surface area contributed by atoms with E-state index in [0.29, 0.717) is 23.5 Å². The van der Waals surface area contributed by atoms with Crippen molar-refractivity contribution in [3.8, 4) is 11.5 Å². The van der Waals surface area contributed by atoms with Crippen LogP contribution in [0.25, 0.3) is 0 Å². The number of fused-ring (bicyclic) bond motifs is 1. The van der Waals surface area contributed by atoms with E-state index in [2.05, 4.69) is 5.32 Å². The maximum Gasteiger partial charge on any atom is 0.119 e. The van der Waals surface area contributed by atoms with Gasteiger partial charge < -0.3 is 15.5 Å². The Morgan fingerprint density at radius 1 is 1.11 bits per heavy atom. The topological polar surface area (TPSA) is 52.5 Å². The summed E-state index contributed by atoms with van der Waals surface area (Å²) >= 11 is 0. The van der Waals surface area contributed by atoms with Crippen LogP contribution in [-0.2, 0) is 11.8 Å². The molecule has 1 saturated carbocycles. The Hall–Kier alpha value is -1.22. The molecule has 0 spiro atoms. The third-order valence-electron chi connectivity index (χ3n) is 5.75. The summed E-state index contributed by atoms with van der Waals surface area (Å²) in [6.07, 6.45) is 6.93. The van der Waals surface area contributed by atoms with Gasteiger partial charge in [0.2, 0.25) is 0 Å². The maximum absolute atomic E-state index is 10.4. The third-order valence-corrected chi connectivity index (χ3v) is 5.75. The van der Waals surface area contributed by atoms with Crippen LogP contribution in [0.5, 0.6) is 11.5 Å². The third kappa shape index (κ3) is 1.42. The van der Waals surface area contributed by atoms with E-state index in [1.165, 1.54) is 25.7 Å². The summed E-state index contributed by atoms with van der Waals surface area (Å²) in [5, 5.41) is 24.2. The van der Waals surface area contributed by atoms with E-state index in [1.807, 2.05) is 0 Å². The Morgan fingerprint density at radius 2 is 1.95 bits per heavy atom. The van der Waals surface area contributed by atoms with Crippen LogP contribution >= 0.6 is 0 Å². The van der Waals surface area contributed by atoms with Gasteiger partial charge in [0, 0.05) is 22.6 Å². The van der Waals surface area contributed by atoms with Crippen molar-refractivity contribution in [2.24, 2.45) is 5.92 Å². The molecule has 2 bridgehead atoms. The van der Waals surface area contributed by atoms with Gasteiger partial charge in [0.25, 0.3) is 0 Å². The van der Waals surface area contributed by atoms with Crippen LogP contribution in [-0.4, -0.2) is 22.8 Å². The number of benzene rings is 1. The molecule has 0 radical (unpaired) electrons. The van der Waals surface area contributed by atoms with Gasteiger partial charge in [-0.2, -0.15) is 0 Å². The van der Waals surface area contributed by atoms with E-state index in [4.69, 9.17) is 0 Å². The number of aromatic hydroxyl groups is 2. The number of piperidine rings is 1. The lowest BCUT2D eigenvalue weighted by Crippen LogP contribution is -2.59. The highest BCUT2D eigenvalue weighted by molar-refractivity contribution is 5.55. The Kier molecular flexibility index (Phi) is 2.37. The van der Waals surface area contributed by atoms with Crippen LogP contribution in [0.15, 0.2) is 12.1 Å². The first kappa shape index (κ1) is 11.6. The summed E-state index contributed by atoms with van der Waals surface area (Å²) in [7, 11) is 0. The summed E-state index contributed by atoms with van der Waals surface area (Å²) in [4.78, 5) is 0. The molecule has 3 atom stereocenters. The van der Waals surface area contributed by atoms with Crippen molar-refractivity contribution in [1.29, 1.82) is 0 Å². The van der Waals surface area contributed by atoms with Gasteiger partial charge in [-0.25, -0.2) is 0 Å². The summed E-state index contributed by atoms with van der Waals surface area (Å²) in [6.45, 7) is 1.04. The largest absolute Gasteiger partial charge is 0.508 e. The molecule has 0 amide bonds. The molecule has 102 valence electrons. The molecule has 1 aliphatic heterocycles. The Bertz CT molecular complexity index is 524. The zero-order chi connectivity index (χ0) is 13.0. The molecular weight excluding hydrogens is 238 g/mol. The monoisotopic (exact) mass is 259 g/mol. The van der Waals surface area contributed by atoms with Gasteiger partial charge in [0.15, 0.2) is 0 Å². The predicted molar refractivity (Wildman–Crippen MR) is 73.5 cm³/mol. The van der Waals surface area contributed by atoms with Gasteiger partial charge >= 0.3 is 0 Å². The van der Waals surface area contributed by atoms with Gasteiger partial charge in [-0.3, -0.25) is 0 Å². The smallest absolute Gasteiger partial charge is 0.119 e. The Balaban J connectivity index is 1.97. The number of phenolic OH excluding ortho intramolecular Hbond substituents is 2. The van der Waals surface area contributed by atoms with Crippen molar-refractivity contribution < 1.29 is 10.2 Å². The minimum Gasteiger partial charge on any atom is -0.508 e. The van der Waals surface area contributed by atoms with Crippen molar-refractivity contribution in [3.63, 3.8) is 0 Å². The molecule has 3 aliphatic rings. The first-order valence-electron chi connectivity index (χ1n) is 7.50. The van der Waals surface area contributed by atoms with E-state index in [9.17, 15) is 10.2 Å². The summed E-state index contributed by atoms with van der Waals surface area (Å²) < 4.78 is 0. The maximum atomic E-state index is 10.4. The van der Waals surface area contributed by atoms with E-state index < -0.39 is 0 Å². The van der Waals surface area contributed by atoms with Gasteiger partial charge in [-0.05, 0) is 50.3 Å². The second-order valence-electron chi connectivity index (χ2n) is 6.48. The Morgan fingerprint density at radius 3 is 2.84 bits per heavy atom. The zero-order valence-corrected chi connectivity index (χ0v) is 11.2. The molecular formula is C16H21NO2. The molecule has 1 aromatic carbocycles. The van der Waals surface area contributed by atoms with Crippen molar-refractivity contribution in [3.05, 3.63) is 23.3 Å². The number of nitrogens with one attached hydrogen (secondary N) is 1. The highest BCUT2D eigenvalue weighted by atomic mass is 16.3. The highest BCUT2D eigenvalue weighted by Gasteiger charge is 2.53. The molecule has 1 heterocycles. The van der Waals surface area contributed by atoms with Crippen molar-refractivity contribution in [1.82, 2.24) is 5.32 Å². The van der Waals surface area contributed by atoms with Gasteiger partial charge in [-0.1, -0.05) is 12.8 Å². The fraction of sp³-hybridized carbons (Fsp3) is 0.625. The van der Waals surface area contributed by atoms with E-state index in [1.54, 1.807) is 12.1 Å². The Labute approximate surface area is 113 Å². The van der Waals surface area contributed by atoms with Crippen LogP contribution in [0.3, 0.4) is 0 Å². The molecule has 19 heavy (non-hydrogen) atoms. The molecule has 1 saturated heterocycles. The fourth-order valence-corrected chi connectivity index (χ4v) is 5.04. The molecule has 2 aliphatic carbocycles. The molecule has 3 heteroatoms. The normalized spacial score (nSPS) is 36.4. The quantitative estimate of drug-likeness (QED) is 0.627. The molecule has 3 nitrogen and oxygen atoms in total. The first-order chi connectivity index (χ1) is 9.22. The van der Waals surface area contributed by atoms with E-state index in [-0.39, 0.29) is 5.41 Å². The van der Waals surface area contributed by atoms with E-state index >= 15 is 0 Å². The standard InChI is InChI=1S/C16H21NO2/c18-13-4-5-14(19)15-10(13)9-12-11-3-1-2-6-16(11,15)7-8-17-12/h4-5,11-12,17-19H,1-3,6-9H2/t11-,12+,16+/m0/s1. The second-order valence-corrected chi connectivity index (χ2v) is 6.48. The number of hydrogen-bond acceptors (Lipinski definition) is 3. The van der Waals surface area contributed by atoms with Gasteiger partial charge in [0.05, 0.1) is 0 Å². The fourth-order valence-electron chi connectivity index (χ4n) is 5.04. The van der Waals surface area contributed by atoms with Crippen molar-refractivity contribution in [2.45, 2.75) is 50.0 Å². The highest BCUT2D eigenvalue weighted by Crippen LogP contribution is 2.57. The minimum absolute atomic E-state index is 0.116. The van der Waals surface area contributed by atoms with Crippen LogP contribution in [0.2, 0.25) is 0 Å². The lowest BCUT2D eigenvalue weighted by molar-refractivity contribution is 0.0763. The summed E-state index contributed by atoms with van der Waals surface area (Å²) in [6, 6.07) is 3.80.